The molecular weight excluding hydrogens is 379 g/mol. The fourth-order valence-corrected chi connectivity index (χ4v) is 2.70. The Bertz CT molecular complexity index is 680. The number of benzene rings is 1. The lowest BCUT2D eigenvalue weighted by molar-refractivity contribution is -0.127. The molecule has 1 aromatic carbocycles. The molecule has 1 fully saturated rings. The van der Waals surface area contributed by atoms with Crippen LogP contribution in [0.4, 0.5) is 4.39 Å². The largest absolute Gasteiger partial charge is 0.490 e. The first-order chi connectivity index (χ1) is 13.4. The van der Waals surface area contributed by atoms with Gasteiger partial charge in [0.1, 0.15) is 6.54 Å². The number of nitrogens with zero attached hydrogens (tertiary/aromatic N) is 2. The summed E-state index contributed by atoms with van der Waals surface area (Å²) in [5.74, 6) is 1.89. The van der Waals surface area contributed by atoms with E-state index in [1.54, 1.807) is 31.9 Å². The number of rotatable bonds is 10. The Morgan fingerprint density at radius 3 is 2.79 bits per heavy atom. The highest BCUT2D eigenvalue weighted by Crippen LogP contribution is 2.30. The number of hydrogen-bond donors (Lipinski definition) is 2. The third-order valence-electron chi connectivity index (χ3n) is 4.45. The van der Waals surface area contributed by atoms with E-state index in [4.69, 9.17) is 4.74 Å². The lowest BCUT2D eigenvalue weighted by atomic mass is 10.1. The molecule has 0 spiro atoms. The zero-order valence-corrected chi connectivity index (χ0v) is 17.9. The van der Waals surface area contributed by atoms with Gasteiger partial charge in [-0.15, -0.1) is 0 Å². The van der Waals surface area contributed by atoms with E-state index in [1.165, 1.54) is 23.8 Å². The molecule has 2 N–H and O–H groups in total. The van der Waals surface area contributed by atoms with Gasteiger partial charge in [0.2, 0.25) is 5.91 Å². The molecule has 1 aromatic rings. The summed E-state index contributed by atoms with van der Waals surface area (Å²) in [6, 6.07) is 4.85. The lowest BCUT2D eigenvalue weighted by Crippen LogP contribution is -2.40. The molecule has 1 aliphatic rings. The van der Waals surface area contributed by atoms with Crippen LogP contribution in [0, 0.1) is 11.7 Å². The first kappa shape index (κ1) is 22.3. The van der Waals surface area contributed by atoms with Crippen molar-refractivity contribution in [1.29, 1.82) is 0 Å². The van der Waals surface area contributed by atoms with Crippen LogP contribution in [-0.4, -0.2) is 62.6 Å². The van der Waals surface area contributed by atoms with Crippen LogP contribution in [0.25, 0.3) is 0 Å². The number of amides is 1. The van der Waals surface area contributed by atoms with Crippen LogP contribution in [0.3, 0.4) is 0 Å². The van der Waals surface area contributed by atoms with E-state index in [1.807, 2.05) is 19.2 Å². The van der Waals surface area contributed by atoms with Crippen molar-refractivity contribution in [1.82, 2.24) is 15.5 Å². The molecule has 28 heavy (non-hydrogen) atoms. The van der Waals surface area contributed by atoms with Crippen molar-refractivity contribution in [3.8, 4) is 5.75 Å². The Labute approximate surface area is 171 Å². The minimum absolute atomic E-state index is 0.0522. The van der Waals surface area contributed by atoms with Crippen molar-refractivity contribution in [3.63, 3.8) is 0 Å². The number of hydrogen-bond acceptors (Lipinski definition) is 4. The molecule has 8 heteroatoms. The highest BCUT2D eigenvalue weighted by Gasteiger charge is 2.22. The van der Waals surface area contributed by atoms with Gasteiger partial charge in [-0.1, -0.05) is 6.07 Å². The molecule has 0 aromatic heterocycles. The van der Waals surface area contributed by atoms with E-state index in [0.29, 0.717) is 24.2 Å². The molecule has 1 atom stereocenters. The molecule has 1 aliphatic carbocycles. The maximum Gasteiger partial charge on any atom is 0.243 e. The summed E-state index contributed by atoms with van der Waals surface area (Å²) in [5, 5.41) is 6.45. The number of nitrogens with one attached hydrogen (secondary N) is 2. The predicted octanol–water partition coefficient (Wildman–Crippen LogP) is 2.66. The number of aliphatic imine (C=N–C) groups is 1. The van der Waals surface area contributed by atoms with Crippen molar-refractivity contribution in [2.75, 3.05) is 45.8 Å². The number of carbonyl (C=O) groups excluding carboxylic acids is 1. The lowest BCUT2D eigenvalue weighted by Gasteiger charge is -2.19. The number of likely N-dealkylation sites (N-methyl/N-ethyl adjacent to an activating group) is 1. The zero-order chi connectivity index (χ0) is 20.5. The number of carbonyl (C=O) groups is 1. The van der Waals surface area contributed by atoms with Crippen molar-refractivity contribution in [3.05, 3.63) is 29.6 Å². The maximum absolute atomic E-state index is 14.4. The Balaban J connectivity index is 1.99. The van der Waals surface area contributed by atoms with Gasteiger partial charge >= 0.3 is 0 Å². The second-order valence-corrected chi connectivity index (χ2v) is 8.17. The Hall–Kier alpha value is -1.96. The monoisotopic (exact) mass is 410 g/mol. The van der Waals surface area contributed by atoms with Gasteiger partial charge in [0.15, 0.2) is 17.5 Å². The van der Waals surface area contributed by atoms with Gasteiger partial charge in [0.05, 0.1) is 12.6 Å². The van der Waals surface area contributed by atoms with Crippen LogP contribution in [0.1, 0.15) is 31.4 Å². The Morgan fingerprint density at radius 1 is 1.43 bits per heavy atom. The van der Waals surface area contributed by atoms with Gasteiger partial charge in [0.25, 0.3) is 0 Å². The number of ether oxygens (including phenoxy) is 1. The molecule has 6 nitrogen and oxygen atoms in total. The average molecular weight is 411 g/mol. The Kier molecular flexibility index (Phi) is 8.89. The molecule has 156 valence electrons. The Morgan fingerprint density at radius 2 is 2.18 bits per heavy atom. The van der Waals surface area contributed by atoms with Crippen LogP contribution in [0.2, 0.25) is 0 Å². The molecule has 1 amide bonds. The van der Waals surface area contributed by atoms with Gasteiger partial charge in [-0.3, -0.25) is 4.79 Å². The first-order valence-electron chi connectivity index (χ1n) is 9.57. The number of thioether (sulfide) groups is 1. The van der Waals surface area contributed by atoms with Gasteiger partial charge in [-0.05, 0) is 49.6 Å². The highest BCUT2D eigenvalue weighted by molar-refractivity contribution is 7.98. The molecule has 2 rings (SSSR count). The minimum Gasteiger partial charge on any atom is -0.490 e. The number of halogens is 1. The van der Waals surface area contributed by atoms with Crippen molar-refractivity contribution in [2.45, 2.75) is 25.8 Å². The van der Waals surface area contributed by atoms with E-state index in [-0.39, 0.29) is 24.3 Å². The zero-order valence-electron chi connectivity index (χ0n) is 17.1. The second kappa shape index (κ2) is 11.1. The van der Waals surface area contributed by atoms with Crippen LogP contribution in [-0.2, 0) is 4.79 Å². The maximum atomic E-state index is 14.4. The summed E-state index contributed by atoms with van der Waals surface area (Å²) in [5.41, 5.74) is 0.787. The van der Waals surface area contributed by atoms with Gasteiger partial charge in [0, 0.05) is 26.4 Å². The minimum atomic E-state index is -0.358. The molecule has 1 saturated carbocycles. The summed E-state index contributed by atoms with van der Waals surface area (Å²) >= 11 is 1.72. The summed E-state index contributed by atoms with van der Waals surface area (Å²) in [7, 11) is 3.40. The first-order valence-corrected chi connectivity index (χ1v) is 11.0. The van der Waals surface area contributed by atoms with Gasteiger partial charge in [-0.2, -0.15) is 11.8 Å². The van der Waals surface area contributed by atoms with E-state index in [0.717, 1.165) is 17.9 Å². The second-order valence-electron chi connectivity index (χ2n) is 7.18. The van der Waals surface area contributed by atoms with Crippen LogP contribution < -0.4 is 15.4 Å². The highest BCUT2D eigenvalue weighted by atomic mass is 32.2. The third-order valence-corrected chi connectivity index (χ3v) is 5.06. The van der Waals surface area contributed by atoms with E-state index in [2.05, 4.69) is 15.6 Å². The summed E-state index contributed by atoms with van der Waals surface area (Å²) in [6.07, 6.45) is 4.37. The molecule has 0 aliphatic heterocycles. The fraction of sp³-hybridized carbons (Fsp3) is 0.600. The van der Waals surface area contributed by atoms with Crippen molar-refractivity contribution >= 4 is 23.6 Å². The summed E-state index contributed by atoms with van der Waals surface area (Å²) in [4.78, 5) is 17.7. The normalized spacial score (nSPS) is 15.1. The molecular formula is C20H31FN4O2S. The van der Waals surface area contributed by atoms with Crippen LogP contribution in [0.15, 0.2) is 23.2 Å². The molecule has 0 radical (unpaired) electrons. The van der Waals surface area contributed by atoms with E-state index >= 15 is 0 Å². The van der Waals surface area contributed by atoms with E-state index in [9.17, 15) is 9.18 Å². The molecule has 0 bridgehead atoms. The number of guanidine groups is 1. The summed E-state index contributed by atoms with van der Waals surface area (Å²) in [6.45, 7) is 3.29. The fourth-order valence-electron chi connectivity index (χ4n) is 2.40. The van der Waals surface area contributed by atoms with Crippen molar-refractivity contribution in [2.24, 2.45) is 10.9 Å². The van der Waals surface area contributed by atoms with E-state index < -0.39 is 0 Å². The quantitative estimate of drug-likeness (QED) is 0.353. The van der Waals surface area contributed by atoms with Crippen LogP contribution in [0.5, 0.6) is 5.75 Å². The predicted molar refractivity (Wildman–Crippen MR) is 114 cm³/mol. The van der Waals surface area contributed by atoms with Crippen molar-refractivity contribution < 1.29 is 13.9 Å². The molecule has 1 unspecified atom stereocenters. The SMILES string of the molecule is CSCCNC(=NCC(=O)N(C)C)NC(C)c1ccc(OCC2CC2)c(F)c1. The molecule has 0 heterocycles. The third kappa shape index (κ3) is 7.58. The standard InChI is InChI=1S/C20H31FN4O2S/c1-14(16-7-8-18(17(21)11-16)27-13-15-5-6-15)24-20(22-9-10-28-4)23-12-19(26)25(2)3/h7-8,11,14-15H,5-6,9-10,12-13H2,1-4H3,(H2,22,23,24). The molecule has 0 saturated heterocycles. The van der Waals surface area contributed by atoms with Gasteiger partial charge in [-0.25, -0.2) is 9.38 Å². The van der Waals surface area contributed by atoms with Crippen LogP contribution >= 0.6 is 11.8 Å². The summed E-state index contributed by atoms with van der Waals surface area (Å²) < 4.78 is 19.9. The van der Waals surface area contributed by atoms with Gasteiger partial charge < -0.3 is 20.3 Å². The topological polar surface area (TPSA) is 66.0 Å². The smallest absolute Gasteiger partial charge is 0.243 e. The average Bonchev–Trinajstić information content (AvgIpc) is 3.49.